The van der Waals surface area contributed by atoms with Crippen molar-refractivity contribution in [1.29, 1.82) is 0 Å². The third kappa shape index (κ3) is 4.39. The summed E-state index contributed by atoms with van der Waals surface area (Å²) in [6.45, 7) is 0. The number of thioether (sulfide) groups is 1. The zero-order valence-electron chi connectivity index (χ0n) is 13.6. The number of benzene rings is 2. The topological polar surface area (TPSA) is 84.1 Å². The highest BCUT2D eigenvalue weighted by molar-refractivity contribution is 7.99. The molecular weight excluding hydrogens is 338 g/mol. The maximum atomic E-state index is 12.0. The number of amides is 1. The number of fused-ring (bicyclic) bond motifs is 1. The summed E-state index contributed by atoms with van der Waals surface area (Å²) in [5, 5.41) is 3.38. The number of carbonyl (C=O) groups excluding carboxylic acids is 1. The van der Waals surface area contributed by atoms with Crippen LogP contribution >= 0.6 is 11.8 Å². The van der Waals surface area contributed by atoms with E-state index in [0.717, 1.165) is 5.75 Å². The number of para-hydroxylation sites is 1. The van der Waals surface area contributed by atoms with E-state index in [1.807, 2.05) is 6.07 Å². The van der Waals surface area contributed by atoms with Gasteiger partial charge in [0.1, 0.15) is 11.6 Å². The maximum Gasteiger partial charge on any atom is 0.258 e. The second-order valence-corrected chi connectivity index (χ2v) is 6.28. The Morgan fingerprint density at radius 1 is 1.20 bits per heavy atom. The summed E-state index contributed by atoms with van der Waals surface area (Å²) in [5.74, 6) is 1.90. The van der Waals surface area contributed by atoms with Crippen LogP contribution in [-0.2, 0) is 10.5 Å². The first-order chi connectivity index (χ1) is 12.2. The van der Waals surface area contributed by atoms with E-state index < -0.39 is 0 Å². The monoisotopic (exact) mass is 355 g/mol. The zero-order valence-corrected chi connectivity index (χ0v) is 14.4. The lowest BCUT2D eigenvalue weighted by Crippen LogP contribution is -2.15. The first kappa shape index (κ1) is 17.0. The van der Waals surface area contributed by atoms with E-state index in [-0.39, 0.29) is 17.2 Å². The summed E-state index contributed by atoms with van der Waals surface area (Å²) in [5.41, 5.74) is 1.21. The number of aromatic nitrogens is 2. The van der Waals surface area contributed by atoms with Crippen molar-refractivity contribution in [3.8, 4) is 5.75 Å². The molecule has 6 nitrogen and oxygen atoms in total. The molecular formula is C18H17N3O3S. The summed E-state index contributed by atoms with van der Waals surface area (Å²) in [6.07, 6.45) is 0. The molecule has 2 aromatic carbocycles. The Kier molecular flexibility index (Phi) is 5.35. The smallest absolute Gasteiger partial charge is 0.258 e. The fraction of sp³-hybridized carbons (Fsp3) is 0.167. The third-order valence-corrected chi connectivity index (χ3v) is 4.45. The van der Waals surface area contributed by atoms with Gasteiger partial charge in [0, 0.05) is 5.69 Å². The van der Waals surface area contributed by atoms with E-state index in [4.69, 9.17) is 4.74 Å². The Morgan fingerprint density at radius 2 is 1.96 bits per heavy atom. The van der Waals surface area contributed by atoms with Gasteiger partial charge in [-0.2, -0.15) is 0 Å². The molecule has 3 rings (SSSR count). The van der Waals surface area contributed by atoms with Crippen molar-refractivity contribution in [1.82, 2.24) is 9.97 Å². The summed E-state index contributed by atoms with van der Waals surface area (Å²) >= 11 is 1.39. The minimum Gasteiger partial charge on any atom is -0.497 e. The second kappa shape index (κ2) is 7.85. The minimum absolute atomic E-state index is 0.113. The lowest BCUT2D eigenvalue weighted by molar-refractivity contribution is -0.113. The predicted molar refractivity (Wildman–Crippen MR) is 100 cm³/mol. The van der Waals surface area contributed by atoms with Crippen LogP contribution in [0.25, 0.3) is 10.9 Å². The number of nitrogens with zero attached hydrogens (tertiary/aromatic N) is 1. The number of nitrogens with one attached hydrogen (secondary N) is 2. The summed E-state index contributed by atoms with van der Waals surface area (Å²) in [7, 11) is 1.59. The highest BCUT2D eigenvalue weighted by Gasteiger charge is 2.06. The molecule has 1 amide bonds. The highest BCUT2D eigenvalue weighted by Crippen LogP contribution is 2.16. The standard InChI is InChI=1S/C18H17N3O3S/c1-24-13-8-6-12(7-9-13)19-17(22)11-25-10-16-20-15-5-3-2-4-14(15)18(23)21-16/h2-9H,10-11H2,1H3,(H,19,22)(H,20,21,23). The van der Waals surface area contributed by atoms with Crippen molar-refractivity contribution < 1.29 is 9.53 Å². The Bertz CT molecular complexity index is 938. The van der Waals surface area contributed by atoms with Gasteiger partial charge in [0.25, 0.3) is 5.56 Å². The maximum absolute atomic E-state index is 12.0. The molecule has 0 aliphatic rings. The molecule has 1 heterocycles. The van der Waals surface area contributed by atoms with E-state index in [2.05, 4.69) is 15.3 Å². The van der Waals surface area contributed by atoms with Crippen LogP contribution < -0.4 is 15.6 Å². The van der Waals surface area contributed by atoms with Crippen molar-refractivity contribution in [3.63, 3.8) is 0 Å². The largest absolute Gasteiger partial charge is 0.497 e. The van der Waals surface area contributed by atoms with Crippen LogP contribution in [-0.4, -0.2) is 28.7 Å². The average molecular weight is 355 g/mol. The van der Waals surface area contributed by atoms with E-state index in [0.29, 0.717) is 28.2 Å². The van der Waals surface area contributed by atoms with Gasteiger partial charge in [-0.15, -0.1) is 11.8 Å². The summed E-state index contributed by atoms with van der Waals surface area (Å²) in [4.78, 5) is 31.1. The van der Waals surface area contributed by atoms with Crippen LogP contribution in [0.4, 0.5) is 5.69 Å². The minimum atomic E-state index is -0.163. The molecule has 0 saturated heterocycles. The van der Waals surface area contributed by atoms with Crippen molar-refractivity contribution in [2.45, 2.75) is 5.75 Å². The molecule has 0 atom stereocenters. The fourth-order valence-corrected chi connectivity index (χ4v) is 3.00. The Hall–Kier alpha value is -2.80. The van der Waals surface area contributed by atoms with Gasteiger partial charge in [-0.05, 0) is 36.4 Å². The normalized spacial score (nSPS) is 10.6. The number of aromatic amines is 1. The second-order valence-electron chi connectivity index (χ2n) is 5.30. The molecule has 0 bridgehead atoms. The van der Waals surface area contributed by atoms with E-state index in [9.17, 15) is 9.59 Å². The van der Waals surface area contributed by atoms with Gasteiger partial charge in [0.15, 0.2) is 0 Å². The molecule has 128 valence electrons. The molecule has 2 N–H and O–H groups in total. The molecule has 1 aromatic heterocycles. The van der Waals surface area contributed by atoms with E-state index in [1.165, 1.54) is 11.8 Å². The van der Waals surface area contributed by atoms with E-state index >= 15 is 0 Å². The van der Waals surface area contributed by atoms with Crippen LogP contribution in [0, 0.1) is 0 Å². The molecule has 0 aliphatic carbocycles. The van der Waals surface area contributed by atoms with Gasteiger partial charge in [-0.1, -0.05) is 12.1 Å². The first-order valence-electron chi connectivity index (χ1n) is 7.65. The molecule has 3 aromatic rings. The van der Waals surface area contributed by atoms with Gasteiger partial charge in [0.05, 0.1) is 29.5 Å². The van der Waals surface area contributed by atoms with Crippen LogP contribution in [0.3, 0.4) is 0 Å². The molecule has 25 heavy (non-hydrogen) atoms. The lowest BCUT2D eigenvalue weighted by atomic mass is 10.2. The molecule has 7 heteroatoms. The number of methoxy groups -OCH3 is 1. The summed E-state index contributed by atoms with van der Waals surface area (Å²) < 4.78 is 5.08. The van der Waals surface area contributed by atoms with Gasteiger partial charge >= 0.3 is 0 Å². The number of ether oxygens (including phenoxy) is 1. The molecule has 0 spiro atoms. The van der Waals surface area contributed by atoms with Gasteiger partial charge in [-0.25, -0.2) is 4.98 Å². The molecule has 0 aliphatic heterocycles. The number of hydrogen-bond acceptors (Lipinski definition) is 5. The molecule has 0 unspecified atom stereocenters. The molecule has 0 radical (unpaired) electrons. The number of rotatable bonds is 6. The van der Waals surface area contributed by atoms with Crippen molar-refractivity contribution >= 4 is 34.3 Å². The molecule has 0 fully saturated rings. The van der Waals surface area contributed by atoms with Crippen LogP contribution in [0.1, 0.15) is 5.82 Å². The van der Waals surface area contributed by atoms with Crippen molar-refractivity contribution in [2.24, 2.45) is 0 Å². The molecule has 0 saturated carbocycles. The van der Waals surface area contributed by atoms with E-state index in [1.54, 1.807) is 49.6 Å². The predicted octanol–water partition coefficient (Wildman–Crippen LogP) is 2.80. The fourth-order valence-electron chi connectivity index (χ4n) is 2.32. The SMILES string of the molecule is COc1ccc(NC(=O)CSCc2nc3ccccc3c(=O)[nH]2)cc1. The average Bonchev–Trinajstić information content (AvgIpc) is 2.62. The Morgan fingerprint density at radius 3 is 2.72 bits per heavy atom. The van der Waals surface area contributed by atoms with Crippen LogP contribution in [0.2, 0.25) is 0 Å². The van der Waals surface area contributed by atoms with Crippen LogP contribution in [0.15, 0.2) is 53.3 Å². The quantitative estimate of drug-likeness (QED) is 0.710. The zero-order chi connectivity index (χ0) is 17.6. The summed E-state index contributed by atoms with van der Waals surface area (Å²) in [6, 6.07) is 14.3. The number of anilines is 1. The first-order valence-corrected chi connectivity index (χ1v) is 8.81. The van der Waals surface area contributed by atoms with Gasteiger partial charge < -0.3 is 15.0 Å². The Labute approximate surface area is 148 Å². The number of hydrogen-bond donors (Lipinski definition) is 2. The van der Waals surface area contributed by atoms with Gasteiger partial charge in [-0.3, -0.25) is 9.59 Å². The van der Waals surface area contributed by atoms with Crippen molar-refractivity contribution in [2.75, 3.05) is 18.2 Å². The number of H-pyrrole nitrogens is 1. The van der Waals surface area contributed by atoms with Crippen molar-refractivity contribution in [3.05, 3.63) is 64.7 Å². The lowest BCUT2D eigenvalue weighted by Gasteiger charge is -2.06. The number of carbonyl (C=O) groups is 1. The Balaban J connectivity index is 1.55. The third-order valence-electron chi connectivity index (χ3n) is 3.51. The van der Waals surface area contributed by atoms with Gasteiger partial charge in [0.2, 0.25) is 5.91 Å². The van der Waals surface area contributed by atoms with Crippen LogP contribution in [0.5, 0.6) is 5.75 Å². The highest BCUT2D eigenvalue weighted by atomic mass is 32.2.